The van der Waals surface area contributed by atoms with Crippen LogP contribution in [0.25, 0.3) is 0 Å². The minimum absolute atomic E-state index is 0.103. The summed E-state index contributed by atoms with van der Waals surface area (Å²) < 4.78 is 0. The Labute approximate surface area is 191 Å². The Morgan fingerprint density at radius 3 is 2.25 bits per heavy atom. The molecule has 0 bridgehead atoms. The average molecular weight is 440 g/mol. The van der Waals surface area contributed by atoms with Crippen LogP contribution in [0.2, 0.25) is 0 Å². The number of rotatable bonds is 3. The first kappa shape index (κ1) is 21.7. The van der Waals surface area contributed by atoms with Gasteiger partial charge in [0.2, 0.25) is 5.91 Å². The van der Waals surface area contributed by atoms with Gasteiger partial charge >= 0.3 is 0 Å². The normalized spacial score (nSPS) is 33.7. The quantitative estimate of drug-likeness (QED) is 0.757. The van der Waals surface area contributed by atoms with E-state index in [9.17, 15) is 9.59 Å². The molecule has 4 aliphatic rings. The number of benzene rings is 1. The summed E-state index contributed by atoms with van der Waals surface area (Å²) in [6.07, 6.45) is 6.77. The molecule has 1 saturated carbocycles. The van der Waals surface area contributed by atoms with Gasteiger partial charge in [-0.15, -0.1) is 0 Å². The van der Waals surface area contributed by atoms with Crippen LogP contribution in [0, 0.1) is 5.92 Å². The number of nitrogens with zero attached hydrogens (tertiary/aromatic N) is 3. The van der Waals surface area contributed by atoms with Crippen LogP contribution in [0.4, 0.5) is 5.69 Å². The smallest absolute Gasteiger partial charge is 0.253 e. The van der Waals surface area contributed by atoms with Gasteiger partial charge in [0.15, 0.2) is 0 Å². The maximum absolute atomic E-state index is 13.1. The number of carbonyl (C=O) groups excluding carboxylic acids is 2. The fraction of sp³-hybridized carbons (Fsp3) is 0.680. The zero-order chi connectivity index (χ0) is 22.2. The van der Waals surface area contributed by atoms with Gasteiger partial charge in [0.1, 0.15) is 6.29 Å². The Bertz CT molecular complexity index is 825. The molecule has 5 atom stereocenters. The summed E-state index contributed by atoms with van der Waals surface area (Å²) in [7, 11) is 0. The lowest BCUT2D eigenvalue weighted by Crippen LogP contribution is -2.69. The second-order valence-electron chi connectivity index (χ2n) is 10.1. The van der Waals surface area contributed by atoms with Crippen molar-refractivity contribution in [2.24, 2.45) is 5.92 Å². The van der Waals surface area contributed by atoms with Crippen LogP contribution in [0.1, 0.15) is 62.7 Å². The molecule has 0 spiro atoms. The van der Waals surface area contributed by atoms with E-state index >= 15 is 0 Å². The van der Waals surface area contributed by atoms with E-state index in [4.69, 9.17) is 0 Å². The summed E-state index contributed by atoms with van der Waals surface area (Å²) in [4.78, 5) is 32.3. The second kappa shape index (κ2) is 9.02. The molecule has 0 aromatic heterocycles. The molecular weight excluding hydrogens is 402 g/mol. The summed E-state index contributed by atoms with van der Waals surface area (Å²) in [5, 5.41) is 6.83. The Hall–Kier alpha value is -2.12. The molecule has 3 aliphatic heterocycles. The molecule has 3 saturated heterocycles. The molecule has 2 N–H and O–H groups in total. The number of hydrogen-bond acceptors (Lipinski definition) is 5. The van der Waals surface area contributed by atoms with Crippen molar-refractivity contribution < 1.29 is 9.59 Å². The molecule has 174 valence electrons. The highest BCUT2D eigenvalue weighted by Crippen LogP contribution is 2.31. The predicted molar refractivity (Wildman–Crippen MR) is 125 cm³/mol. The van der Waals surface area contributed by atoms with E-state index in [1.807, 2.05) is 17.0 Å². The largest absolute Gasteiger partial charge is 0.366 e. The highest BCUT2D eigenvalue weighted by atomic mass is 16.2. The van der Waals surface area contributed by atoms with Crippen LogP contribution in [0.3, 0.4) is 0 Å². The molecule has 7 heteroatoms. The number of nitrogens with one attached hydrogen (secondary N) is 2. The number of hydrogen-bond donors (Lipinski definition) is 2. The summed E-state index contributed by atoms with van der Waals surface area (Å²) >= 11 is 0. The maximum atomic E-state index is 13.1. The third-order valence-corrected chi connectivity index (χ3v) is 8.08. The number of piperazine rings is 1. The van der Waals surface area contributed by atoms with E-state index in [1.165, 1.54) is 24.9 Å². The van der Waals surface area contributed by atoms with Gasteiger partial charge in [0.05, 0.1) is 5.92 Å². The summed E-state index contributed by atoms with van der Waals surface area (Å²) in [6, 6.07) is 9.56. The third kappa shape index (κ3) is 4.13. The van der Waals surface area contributed by atoms with Crippen molar-refractivity contribution in [3.8, 4) is 0 Å². The van der Waals surface area contributed by atoms with Crippen LogP contribution >= 0.6 is 0 Å². The van der Waals surface area contributed by atoms with Crippen molar-refractivity contribution in [1.82, 2.24) is 20.4 Å². The molecule has 1 aromatic rings. The van der Waals surface area contributed by atoms with Crippen LogP contribution < -0.4 is 15.5 Å². The first-order chi connectivity index (χ1) is 15.5. The molecule has 5 rings (SSSR count). The van der Waals surface area contributed by atoms with E-state index in [0.717, 1.165) is 37.9 Å². The Kier molecular flexibility index (Phi) is 6.12. The average Bonchev–Trinajstić information content (AvgIpc) is 3.16. The van der Waals surface area contributed by atoms with Crippen molar-refractivity contribution >= 4 is 17.5 Å². The zero-order valence-electron chi connectivity index (χ0n) is 19.4. The number of anilines is 1. The molecule has 1 aliphatic carbocycles. The molecule has 1 aromatic carbocycles. The first-order valence-corrected chi connectivity index (χ1v) is 12.5. The van der Waals surface area contributed by atoms with E-state index in [1.54, 1.807) is 0 Å². The van der Waals surface area contributed by atoms with Gasteiger partial charge in [-0.2, -0.15) is 0 Å². The summed E-state index contributed by atoms with van der Waals surface area (Å²) in [6.45, 7) is 7.45. The van der Waals surface area contributed by atoms with E-state index in [2.05, 4.69) is 46.4 Å². The van der Waals surface area contributed by atoms with Gasteiger partial charge in [0.25, 0.3) is 5.91 Å². The number of amides is 2. The fourth-order valence-electron chi connectivity index (χ4n) is 6.17. The van der Waals surface area contributed by atoms with Crippen molar-refractivity contribution in [1.29, 1.82) is 0 Å². The molecule has 5 unspecified atom stereocenters. The standard InChI is InChI=1S/C25H37N5O2/c1-17-7-8-18(2)30(17)20-11-9-19(10-12-20)24(32)28-13-15-29(16-14-28)25-26-22-6-4-3-5-21(22)23(31)27-25/h9-12,17-18,21-22,25-26H,3-8,13-16H2,1-2H3,(H,27,31). The topological polar surface area (TPSA) is 67.9 Å². The molecule has 32 heavy (non-hydrogen) atoms. The van der Waals surface area contributed by atoms with Crippen molar-refractivity contribution in [2.45, 2.75) is 76.8 Å². The Morgan fingerprint density at radius 1 is 0.906 bits per heavy atom. The van der Waals surface area contributed by atoms with Gasteiger partial charge in [-0.1, -0.05) is 12.8 Å². The number of carbonyl (C=O) groups is 2. The monoisotopic (exact) mass is 439 g/mol. The van der Waals surface area contributed by atoms with Gasteiger partial charge in [-0.05, 0) is 63.8 Å². The molecule has 2 amide bonds. The van der Waals surface area contributed by atoms with Crippen LogP contribution in [-0.2, 0) is 4.79 Å². The lowest BCUT2D eigenvalue weighted by molar-refractivity contribution is -0.134. The Morgan fingerprint density at radius 2 is 1.56 bits per heavy atom. The van der Waals surface area contributed by atoms with E-state index < -0.39 is 0 Å². The summed E-state index contributed by atoms with van der Waals surface area (Å²) in [5.41, 5.74) is 1.97. The van der Waals surface area contributed by atoms with Crippen molar-refractivity contribution in [3.63, 3.8) is 0 Å². The van der Waals surface area contributed by atoms with Crippen LogP contribution in [0.15, 0.2) is 24.3 Å². The van der Waals surface area contributed by atoms with Gasteiger partial charge < -0.3 is 15.1 Å². The second-order valence-corrected chi connectivity index (χ2v) is 10.1. The summed E-state index contributed by atoms with van der Waals surface area (Å²) in [5.74, 6) is 0.419. The number of fused-ring (bicyclic) bond motifs is 1. The van der Waals surface area contributed by atoms with Crippen LogP contribution in [0.5, 0.6) is 0 Å². The van der Waals surface area contributed by atoms with Crippen molar-refractivity contribution in [3.05, 3.63) is 29.8 Å². The van der Waals surface area contributed by atoms with E-state index in [-0.39, 0.29) is 24.0 Å². The molecular formula is C25H37N5O2. The fourth-order valence-corrected chi connectivity index (χ4v) is 6.17. The van der Waals surface area contributed by atoms with Gasteiger partial charge in [-0.3, -0.25) is 19.8 Å². The van der Waals surface area contributed by atoms with E-state index in [0.29, 0.717) is 31.2 Å². The highest BCUT2D eigenvalue weighted by Gasteiger charge is 2.40. The molecule has 3 heterocycles. The van der Waals surface area contributed by atoms with Gasteiger partial charge in [0, 0.05) is 55.6 Å². The molecule has 4 fully saturated rings. The van der Waals surface area contributed by atoms with Crippen LogP contribution in [-0.4, -0.2) is 72.2 Å². The molecule has 0 radical (unpaired) electrons. The SMILES string of the molecule is CC1CCC(C)N1c1ccc(C(=O)N2CCN(C3NC(=O)C4CCCCC4N3)CC2)cc1. The first-order valence-electron chi connectivity index (χ1n) is 12.5. The predicted octanol–water partition coefficient (Wildman–Crippen LogP) is 2.38. The Balaban J connectivity index is 1.17. The molecule has 7 nitrogen and oxygen atoms in total. The maximum Gasteiger partial charge on any atom is 0.253 e. The zero-order valence-corrected chi connectivity index (χ0v) is 19.4. The minimum atomic E-state index is -0.108. The van der Waals surface area contributed by atoms with Gasteiger partial charge in [-0.25, -0.2) is 0 Å². The van der Waals surface area contributed by atoms with Crippen molar-refractivity contribution in [2.75, 3.05) is 31.1 Å². The lowest BCUT2D eigenvalue weighted by Gasteiger charge is -2.46. The minimum Gasteiger partial charge on any atom is -0.366 e. The highest BCUT2D eigenvalue weighted by molar-refractivity contribution is 5.94. The third-order valence-electron chi connectivity index (χ3n) is 8.08. The lowest BCUT2D eigenvalue weighted by atomic mass is 9.82.